The van der Waals surface area contributed by atoms with Crippen LogP contribution < -0.4 is 14.4 Å². The van der Waals surface area contributed by atoms with Crippen LogP contribution in [0.2, 0.25) is 10.0 Å². The molecular formula is C28H28Cl2N3O5+. The Morgan fingerprint density at radius 2 is 1.82 bits per heavy atom. The number of piperidine rings is 1. The molecule has 8 nitrogen and oxygen atoms in total. The van der Waals surface area contributed by atoms with E-state index in [-0.39, 0.29) is 33.2 Å². The molecule has 0 saturated carbocycles. The molecule has 1 saturated heterocycles. The number of ether oxygens (including phenoxy) is 2. The van der Waals surface area contributed by atoms with Gasteiger partial charge in [-0.1, -0.05) is 29.3 Å². The van der Waals surface area contributed by atoms with Crippen molar-refractivity contribution in [2.45, 2.75) is 31.3 Å². The number of carboxylic acid groups (broad SMARTS) is 1. The summed E-state index contributed by atoms with van der Waals surface area (Å²) in [5, 5.41) is 9.72. The van der Waals surface area contributed by atoms with E-state index in [1.54, 1.807) is 48.8 Å². The van der Waals surface area contributed by atoms with Gasteiger partial charge in [-0.25, -0.2) is 14.1 Å². The average molecular weight is 557 g/mol. The number of amides is 1. The number of carbonyl (C=O) groups is 2. The molecular weight excluding hydrogens is 529 g/mol. The average Bonchev–Trinajstić information content (AvgIpc) is 2.93. The molecule has 0 aliphatic carbocycles. The number of hydrogen-bond donors (Lipinski definition) is 1. The zero-order valence-electron chi connectivity index (χ0n) is 20.8. The molecule has 2 unspecified atom stereocenters. The van der Waals surface area contributed by atoms with Crippen LogP contribution in [0.4, 0.5) is 10.5 Å². The molecule has 1 N–H and O–H groups in total. The first-order valence-electron chi connectivity index (χ1n) is 12.5. The summed E-state index contributed by atoms with van der Waals surface area (Å²) in [5.74, 6) is 0.656. The van der Waals surface area contributed by atoms with Crippen molar-refractivity contribution >= 4 is 41.0 Å². The van der Waals surface area contributed by atoms with E-state index in [9.17, 15) is 9.59 Å². The highest BCUT2D eigenvalue weighted by atomic mass is 35.5. The summed E-state index contributed by atoms with van der Waals surface area (Å²) in [7, 11) is 1.96. The fourth-order valence-electron chi connectivity index (χ4n) is 5.78. The monoisotopic (exact) mass is 556 g/mol. The van der Waals surface area contributed by atoms with Crippen LogP contribution in [0.3, 0.4) is 0 Å². The van der Waals surface area contributed by atoms with Crippen molar-refractivity contribution in [2.24, 2.45) is 0 Å². The number of hydrogen-bond acceptors (Lipinski definition) is 6. The van der Waals surface area contributed by atoms with E-state index >= 15 is 0 Å². The van der Waals surface area contributed by atoms with Crippen molar-refractivity contribution in [1.82, 2.24) is 4.98 Å². The van der Waals surface area contributed by atoms with Crippen LogP contribution >= 0.6 is 23.2 Å². The van der Waals surface area contributed by atoms with E-state index in [1.165, 1.54) is 0 Å². The molecule has 2 aliphatic heterocycles. The topological polar surface area (TPSA) is 89.0 Å². The van der Waals surface area contributed by atoms with Crippen LogP contribution in [0.1, 0.15) is 41.2 Å². The number of nitrogens with zero attached hydrogens (tertiary/aromatic N) is 3. The lowest BCUT2D eigenvalue weighted by Crippen LogP contribution is -2.61. The number of halogens is 2. The minimum Gasteiger partial charge on any atom is -0.493 e. The largest absolute Gasteiger partial charge is 0.511 e. The Balaban J connectivity index is 1.56. The van der Waals surface area contributed by atoms with Crippen molar-refractivity contribution in [3.05, 3.63) is 82.1 Å². The summed E-state index contributed by atoms with van der Waals surface area (Å²) in [6, 6.07) is 13.7. The molecule has 1 fully saturated rings. The summed E-state index contributed by atoms with van der Waals surface area (Å²) >= 11 is 12.9. The molecule has 2 aromatic carbocycles. The minimum absolute atomic E-state index is 0.0318. The first kappa shape index (κ1) is 26.3. The molecule has 2 aliphatic rings. The zero-order valence-corrected chi connectivity index (χ0v) is 22.4. The highest BCUT2D eigenvalue weighted by molar-refractivity contribution is 6.43. The van der Waals surface area contributed by atoms with Crippen LogP contribution in [0.5, 0.6) is 11.5 Å². The van der Waals surface area contributed by atoms with Crippen molar-refractivity contribution in [2.75, 3.05) is 31.6 Å². The van der Waals surface area contributed by atoms with E-state index < -0.39 is 6.16 Å². The van der Waals surface area contributed by atoms with Gasteiger partial charge in [0.15, 0.2) is 0 Å². The Morgan fingerprint density at radius 1 is 1.08 bits per heavy atom. The maximum Gasteiger partial charge on any atom is 0.511 e. The van der Waals surface area contributed by atoms with Crippen molar-refractivity contribution in [1.29, 1.82) is 0 Å². The Morgan fingerprint density at radius 3 is 2.53 bits per heavy atom. The Kier molecular flexibility index (Phi) is 7.47. The van der Waals surface area contributed by atoms with Crippen LogP contribution in [0.25, 0.3) is 0 Å². The van der Waals surface area contributed by atoms with Crippen molar-refractivity contribution in [3.63, 3.8) is 0 Å². The molecule has 38 heavy (non-hydrogen) atoms. The molecule has 3 heterocycles. The Hall–Kier alpha value is -3.33. The summed E-state index contributed by atoms with van der Waals surface area (Å²) in [6.45, 7) is 1.98. The van der Waals surface area contributed by atoms with Crippen LogP contribution in [-0.2, 0) is 0 Å². The summed E-state index contributed by atoms with van der Waals surface area (Å²) in [5.41, 5.74) is 2.20. The normalized spacial score (nSPS) is 19.1. The molecule has 5 rings (SSSR count). The second-order valence-corrected chi connectivity index (χ2v) is 10.5. The Labute approximate surface area is 230 Å². The number of carbonyl (C=O) groups excluding carboxylic acids is 1. The van der Waals surface area contributed by atoms with Crippen molar-refractivity contribution < 1.29 is 28.7 Å². The van der Waals surface area contributed by atoms with Gasteiger partial charge in [-0.3, -0.25) is 4.98 Å². The van der Waals surface area contributed by atoms with Crippen LogP contribution in [0, 0.1) is 0 Å². The standard InChI is InChI=1S/C28H27Cl2N3O5/c1-33(27(34)21-3-2-4-23(29)26(21)30,19-9-14-32(15-10-19)18-7-12-31-13-8-18)24-11-16-37-25-6-5-20(17-22(24)25)38-28(35)36/h2-8,12-13,17,19,24H,9-11,14-16H2,1H3/p+1. The number of benzene rings is 2. The first-order valence-corrected chi connectivity index (χ1v) is 13.2. The third-order valence-corrected chi connectivity index (χ3v) is 8.53. The third kappa shape index (κ3) is 4.91. The van der Waals surface area contributed by atoms with Gasteiger partial charge in [0.05, 0.1) is 40.9 Å². The number of fused-ring (bicyclic) bond motifs is 1. The first-order chi connectivity index (χ1) is 18.3. The number of quaternary nitrogens is 1. The smallest absolute Gasteiger partial charge is 0.493 e. The highest BCUT2D eigenvalue weighted by Gasteiger charge is 2.51. The number of pyridine rings is 1. The van der Waals surface area contributed by atoms with Gasteiger partial charge in [0.1, 0.15) is 17.5 Å². The van der Waals surface area contributed by atoms with Gasteiger partial charge in [0.2, 0.25) is 0 Å². The molecule has 2 atom stereocenters. The lowest BCUT2D eigenvalue weighted by Gasteiger charge is -2.49. The maximum absolute atomic E-state index is 14.5. The zero-order chi connectivity index (χ0) is 26.9. The van der Waals surface area contributed by atoms with Gasteiger partial charge < -0.3 is 19.5 Å². The summed E-state index contributed by atoms with van der Waals surface area (Å²) in [4.78, 5) is 32.1. The molecule has 1 amide bonds. The maximum atomic E-state index is 14.5. The van der Waals surface area contributed by atoms with E-state index in [0.717, 1.165) is 37.2 Å². The number of aromatic nitrogens is 1. The molecule has 0 radical (unpaired) electrons. The highest BCUT2D eigenvalue weighted by Crippen LogP contribution is 2.46. The van der Waals surface area contributed by atoms with E-state index in [2.05, 4.69) is 9.88 Å². The number of rotatable bonds is 5. The van der Waals surface area contributed by atoms with Gasteiger partial charge >= 0.3 is 12.1 Å². The molecule has 0 spiro atoms. The van der Waals surface area contributed by atoms with Crippen LogP contribution in [0.15, 0.2) is 60.9 Å². The molecule has 1 aromatic heterocycles. The van der Waals surface area contributed by atoms with Gasteiger partial charge in [0, 0.05) is 50.4 Å². The molecule has 10 heteroatoms. The molecule has 0 bridgehead atoms. The predicted molar refractivity (Wildman–Crippen MR) is 144 cm³/mol. The van der Waals surface area contributed by atoms with Crippen LogP contribution in [-0.4, -0.2) is 59.4 Å². The third-order valence-electron chi connectivity index (χ3n) is 7.71. The van der Waals surface area contributed by atoms with E-state index in [0.29, 0.717) is 29.4 Å². The van der Waals surface area contributed by atoms with Gasteiger partial charge in [-0.05, 0) is 42.5 Å². The van der Waals surface area contributed by atoms with E-state index in [1.807, 2.05) is 19.2 Å². The minimum atomic E-state index is -1.40. The summed E-state index contributed by atoms with van der Waals surface area (Å²) in [6.07, 6.45) is 4.25. The second-order valence-electron chi connectivity index (χ2n) is 9.70. The predicted octanol–water partition coefficient (Wildman–Crippen LogP) is 6.22. The summed E-state index contributed by atoms with van der Waals surface area (Å²) < 4.78 is 10.9. The lowest BCUT2D eigenvalue weighted by molar-refractivity contribution is -0.888. The quantitative estimate of drug-likeness (QED) is 0.226. The molecule has 198 valence electrons. The SMILES string of the molecule is C[N+](C(=O)c1cccc(Cl)c1Cl)(C1CCN(c2ccncc2)CC1)C1CCOc2ccc(OC(=O)O)cc21. The lowest BCUT2D eigenvalue weighted by atomic mass is 9.89. The van der Waals surface area contributed by atoms with Gasteiger partial charge in [-0.2, -0.15) is 0 Å². The van der Waals surface area contributed by atoms with E-state index in [4.69, 9.17) is 37.8 Å². The fraction of sp³-hybridized carbons (Fsp3) is 0.321. The molecule has 3 aromatic rings. The van der Waals surface area contributed by atoms with Gasteiger partial charge in [-0.15, -0.1) is 0 Å². The second kappa shape index (κ2) is 10.8. The Bertz CT molecular complexity index is 1350. The van der Waals surface area contributed by atoms with Crippen molar-refractivity contribution in [3.8, 4) is 11.5 Å². The number of anilines is 1. The van der Waals surface area contributed by atoms with Gasteiger partial charge in [0.25, 0.3) is 0 Å². The fourth-order valence-corrected chi connectivity index (χ4v) is 6.16.